The third kappa shape index (κ3) is 2.49. The molecule has 0 unspecified atom stereocenters. The summed E-state index contributed by atoms with van der Waals surface area (Å²) in [6.07, 6.45) is 0. The Morgan fingerprint density at radius 3 is 2.28 bits per heavy atom. The third-order valence-electron chi connectivity index (χ3n) is 2.55. The molecule has 0 aliphatic carbocycles. The Labute approximate surface area is 103 Å². The first-order valence-corrected chi connectivity index (χ1v) is 5.44. The van der Waals surface area contributed by atoms with E-state index in [4.69, 9.17) is 9.84 Å². The van der Waals surface area contributed by atoms with Crippen LogP contribution in [0.4, 0.5) is 8.78 Å². The van der Waals surface area contributed by atoms with E-state index in [0.29, 0.717) is 5.75 Å². The molecule has 0 saturated carbocycles. The number of halogens is 2. The molecule has 18 heavy (non-hydrogen) atoms. The average molecular weight is 250 g/mol. The van der Waals surface area contributed by atoms with Gasteiger partial charge in [0.2, 0.25) is 0 Å². The van der Waals surface area contributed by atoms with E-state index >= 15 is 0 Å². The van der Waals surface area contributed by atoms with Crippen molar-refractivity contribution in [2.75, 3.05) is 0 Å². The zero-order valence-electron chi connectivity index (χ0n) is 9.78. The Kier molecular flexibility index (Phi) is 3.58. The zero-order valence-corrected chi connectivity index (χ0v) is 9.78. The molecule has 2 nitrogen and oxygen atoms in total. The standard InChI is InChI=1S/C14H12F2O2/c1-9-4-2-3-5-13(9)18-14-11(15)6-10(8-17)7-12(14)16/h2-7,17H,8H2,1H3. The maximum Gasteiger partial charge on any atom is 0.198 e. The van der Waals surface area contributed by atoms with Crippen molar-refractivity contribution in [3.05, 3.63) is 59.2 Å². The summed E-state index contributed by atoms with van der Waals surface area (Å²) in [6, 6.07) is 9.05. The highest BCUT2D eigenvalue weighted by atomic mass is 19.1. The minimum atomic E-state index is -0.831. The molecule has 2 rings (SSSR count). The van der Waals surface area contributed by atoms with Crippen LogP contribution in [0.3, 0.4) is 0 Å². The summed E-state index contributed by atoms with van der Waals surface area (Å²) in [6.45, 7) is 1.37. The molecule has 0 atom stereocenters. The number of hydrogen-bond acceptors (Lipinski definition) is 2. The van der Waals surface area contributed by atoms with Gasteiger partial charge in [0.1, 0.15) is 5.75 Å². The molecule has 1 N–H and O–H groups in total. The molecule has 0 fully saturated rings. The fourth-order valence-electron chi connectivity index (χ4n) is 1.58. The highest BCUT2D eigenvalue weighted by Gasteiger charge is 2.14. The molecule has 0 aromatic heterocycles. The second-order valence-corrected chi connectivity index (χ2v) is 3.91. The summed E-state index contributed by atoms with van der Waals surface area (Å²) in [7, 11) is 0. The first-order chi connectivity index (χ1) is 8.61. The quantitative estimate of drug-likeness (QED) is 0.902. The van der Waals surface area contributed by atoms with Crippen LogP contribution in [0.5, 0.6) is 11.5 Å². The van der Waals surface area contributed by atoms with Crippen molar-refractivity contribution in [2.24, 2.45) is 0 Å². The fraction of sp³-hybridized carbons (Fsp3) is 0.143. The highest BCUT2D eigenvalue weighted by Crippen LogP contribution is 2.30. The molecule has 0 aliphatic rings. The molecule has 0 saturated heterocycles. The van der Waals surface area contributed by atoms with Gasteiger partial charge in [-0.15, -0.1) is 0 Å². The molecule has 2 aromatic carbocycles. The molecular formula is C14H12F2O2. The van der Waals surface area contributed by atoms with Crippen LogP contribution < -0.4 is 4.74 Å². The second kappa shape index (κ2) is 5.14. The lowest BCUT2D eigenvalue weighted by atomic mass is 10.2. The van der Waals surface area contributed by atoms with Crippen LogP contribution in [0.15, 0.2) is 36.4 Å². The van der Waals surface area contributed by atoms with E-state index in [1.165, 1.54) is 0 Å². The normalized spacial score (nSPS) is 10.4. The monoisotopic (exact) mass is 250 g/mol. The average Bonchev–Trinajstić information content (AvgIpc) is 2.35. The molecule has 0 aliphatic heterocycles. The van der Waals surface area contributed by atoms with Gasteiger partial charge < -0.3 is 9.84 Å². The van der Waals surface area contributed by atoms with E-state index in [1.54, 1.807) is 25.1 Å². The van der Waals surface area contributed by atoms with Crippen molar-refractivity contribution in [3.63, 3.8) is 0 Å². The minimum Gasteiger partial charge on any atom is -0.451 e. The molecule has 2 aromatic rings. The van der Waals surface area contributed by atoms with Crippen molar-refractivity contribution in [1.82, 2.24) is 0 Å². The molecular weight excluding hydrogens is 238 g/mol. The topological polar surface area (TPSA) is 29.5 Å². The lowest BCUT2D eigenvalue weighted by Gasteiger charge is -2.11. The molecule has 0 spiro atoms. The van der Waals surface area contributed by atoms with Crippen LogP contribution in [-0.4, -0.2) is 5.11 Å². The van der Waals surface area contributed by atoms with Crippen molar-refractivity contribution in [2.45, 2.75) is 13.5 Å². The lowest BCUT2D eigenvalue weighted by Crippen LogP contribution is -1.96. The molecule has 0 radical (unpaired) electrons. The summed E-state index contributed by atoms with van der Waals surface area (Å²) >= 11 is 0. The van der Waals surface area contributed by atoms with E-state index in [9.17, 15) is 8.78 Å². The van der Waals surface area contributed by atoms with Crippen LogP contribution in [0, 0.1) is 18.6 Å². The van der Waals surface area contributed by atoms with Gasteiger partial charge >= 0.3 is 0 Å². The predicted octanol–water partition coefficient (Wildman–Crippen LogP) is 3.56. The maximum atomic E-state index is 13.6. The SMILES string of the molecule is Cc1ccccc1Oc1c(F)cc(CO)cc1F. The first-order valence-electron chi connectivity index (χ1n) is 5.44. The summed E-state index contributed by atoms with van der Waals surface area (Å²) in [5.74, 6) is -1.72. The Morgan fingerprint density at radius 1 is 1.11 bits per heavy atom. The summed E-state index contributed by atoms with van der Waals surface area (Å²) < 4.78 is 32.5. The number of aliphatic hydroxyl groups excluding tert-OH is 1. The van der Waals surface area contributed by atoms with Crippen LogP contribution in [0.2, 0.25) is 0 Å². The molecule has 4 heteroatoms. The molecule has 0 amide bonds. The Hall–Kier alpha value is -1.94. The van der Waals surface area contributed by atoms with Gasteiger partial charge in [0.15, 0.2) is 17.4 Å². The van der Waals surface area contributed by atoms with Gasteiger partial charge in [0, 0.05) is 0 Å². The number of para-hydroxylation sites is 1. The van der Waals surface area contributed by atoms with Crippen molar-refractivity contribution in [1.29, 1.82) is 0 Å². The number of hydrogen-bond donors (Lipinski definition) is 1. The van der Waals surface area contributed by atoms with Gasteiger partial charge in [-0.05, 0) is 36.2 Å². The second-order valence-electron chi connectivity index (χ2n) is 3.91. The van der Waals surface area contributed by atoms with Crippen LogP contribution >= 0.6 is 0 Å². The maximum absolute atomic E-state index is 13.6. The highest BCUT2D eigenvalue weighted by molar-refractivity contribution is 5.39. The zero-order chi connectivity index (χ0) is 13.1. The van der Waals surface area contributed by atoms with Gasteiger partial charge in [-0.2, -0.15) is 0 Å². The van der Waals surface area contributed by atoms with Gasteiger partial charge in [-0.25, -0.2) is 8.78 Å². The Bertz CT molecular complexity index is 544. The number of aliphatic hydroxyl groups is 1. The summed E-state index contributed by atoms with van der Waals surface area (Å²) in [5, 5.41) is 8.84. The Morgan fingerprint density at radius 2 is 1.72 bits per heavy atom. The van der Waals surface area contributed by atoms with Crippen LogP contribution in [0.1, 0.15) is 11.1 Å². The lowest BCUT2D eigenvalue weighted by molar-refractivity contribution is 0.279. The van der Waals surface area contributed by atoms with Gasteiger partial charge in [-0.1, -0.05) is 18.2 Å². The fourth-order valence-corrected chi connectivity index (χ4v) is 1.58. The van der Waals surface area contributed by atoms with Crippen LogP contribution in [-0.2, 0) is 6.61 Å². The van der Waals surface area contributed by atoms with E-state index in [-0.39, 0.29) is 5.56 Å². The van der Waals surface area contributed by atoms with Crippen molar-refractivity contribution >= 4 is 0 Å². The van der Waals surface area contributed by atoms with Gasteiger partial charge in [0.25, 0.3) is 0 Å². The summed E-state index contributed by atoms with van der Waals surface area (Å²) in [5.41, 5.74) is 0.949. The van der Waals surface area contributed by atoms with Gasteiger partial charge in [-0.3, -0.25) is 0 Å². The Balaban J connectivity index is 2.38. The smallest absolute Gasteiger partial charge is 0.198 e. The number of aryl methyl sites for hydroxylation is 1. The number of rotatable bonds is 3. The van der Waals surface area contributed by atoms with Crippen molar-refractivity contribution in [3.8, 4) is 11.5 Å². The van der Waals surface area contributed by atoms with E-state index < -0.39 is 24.0 Å². The summed E-state index contributed by atoms with van der Waals surface area (Å²) in [4.78, 5) is 0. The number of ether oxygens (including phenoxy) is 1. The van der Waals surface area contributed by atoms with E-state index in [0.717, 1.165) is 17.7 Å². The van der Waals surface area contributed by atoms with Crippen molar-refractivity contribution < 1.29 is 18.6 Å². The number of benzene rings is 2. The molecule has 0 bridgehead atoms. The predicted molar refractivity (Wildman–Crippen MR) is 63.5 cm³/mol. The van der Waals surface area contributed by atoms with E-state index in [2.05, 4.69) is 0 Å². The molecule has 0 heterocycles. The first kappa shape index (κ1) is 12.5. The molecule has 94 valence electrons. The third-order valence-corrected chi connectivity index (χ3v) is 2.55. The van der Waals surface area contributed by atoms with Crippen LogP contribution in [0.25, 0.3) is 0 Å². The van der Waals surface area contributed by atoms with E-state index in [1.807, 2.05) is 6.07 Å². The van der Waals surface area contributed by atoms with Gasteiger partial charge in [0.05, 0.1) is 6.61 Å². The largest absolute Gasteiger partial charge is 0.451 e. The minimum absolute atomic E-state index is 0.169.